The lowest BCUT2D eigenvalue weighted by Crippen LogP contribution is -2.29. The van der Waals surface area contributed by atoms with Crippen LogP contribution in [0.25, 0.3) is 11.5 Å². The zero-order chi connectivity index (χ0) is 14.7. The van der Waals surface area contributed by atoms with Crippen molar-refractivity contribution in [1.29, 1.82) is 0 Å². The molecule has 1 aliphatic rings. The second-order valence-corrected chi connectivity index (χ2v) is 5.77. The van der Waals surface area contributed by atoms with Crippen molar-refractivity contribution in [1.82, 2.24) is 15.5 Å². The Hall–Kier alpha value is -1.88. The maximum atomic E-state index is 5.29. The first-order valence-electron chi connectivity index (χ1n) is 7.62. The normalized spacial score (nSPS) is 19.6. The first-order valence-corrected chi connectivity index (χ1v) is 7.62. The van der Waals surface area contributed by atoms with Gasteiger partial charge in [-0.1, -0.05) is 17.3 Å². The van der Waals surface area contributed by atoms with Crippen LogP contribution in [0.4, 0.5) is 5.69 Å². The summed E-state index contributed by atoms with van der Waals surface area (Å²) in [5.74, 6) is 1.23. The van der Waals surface area contributed by atoms with Crippen molar-refractivity contribution in [3.63, 3.8) is 0 Å². The lowest BCUT2D eigenvalue weighted by molar-refractivity contribution is 0.425. The molecule has 1 aromatic carbocycles. The van der Waals surface area contributed by atoms with Crippen LogP contribution in [0.1, 0.15) is 32.0 Å². The van der Waals surface area contributed by atoms with Gasteiger partial charge in [0.25, 0.3) is 5.89 Å². The number of hydrogen-bond donors (Lipinski definition) is 2. The Bertz CT molecular complexity index is 589. The van der Waals surface area contributed by atoms with E-state index in [2.05, 4.69) is 33.8 Å². The summed E-state index contributed by atoms with van der Waals surface area (Å²) in [5, 5.41) is 11.0. The average Bonchev–Trinajstić information content (AvgIpc) is 3.11. The van der Waals surface area contributed by atoms with Crippen molar-refractivity contribution >= 4 is 5.69 Å². The molecular formula is C16H22N4O. The van der Waals surface area contributed by atoms with E-state index >= 15 is 0 Å². The molecule has 3 rings (SSSR count). The van der Waals surface area contributed by atoms with Crippen molar-refractivity contribution in [3.05, 3.63) is 30.1 Å². The van der Waals surface area contributed by atoms with Crippen LogP contribution in [0.2, 0.25) is 0 Å². The maximum Gasteiger partial charge on any atom is 0.260 e. The highest BCUT2D eigenvalue weighted by atomic mass is 16.5. The summed E-state index contributed by atoms with van der Waals surface area (Å²) in [6.07, 6.45) is 3.68. The summed E-state index contributed by atoms with van der Waals surface area (Å²) in [6, 6.07) is 9.11. The molecule has 1 fully saturated rings. The standard InChI is InChI=1S/C16H22N4O/c1-11(10-13-6-5-9-17-13)18-15-8-4-3-7-14(15)16-19-12(2)20-21-16/h3-4,7-8,11,13,17-18H,5-6,9-10H2,1-2H3. The van der Waals surface area contributed by atoms with Crippen LogP contribution in [0.3, 0.4) is 0 Å². The zero-order valence-corrected chi connectivity index (χ0v) is 12.6. The van der Waals surface area contributed by atoms with E-state index in [4.69, 9.17) is 4.52 Å². The van der Waals surface area contributed by atoms with Crippen molar-refractivity contribution < 1.29 is 4.52 Å². The molecule has 2 atom stereocenters. The minimum atomic E-state index is 0.394. The van der Waals surface area contributed by atoms with E-state index < -0.39 is 0 Å². The molecule has 5 heteroatoms. The SMILES string of the molecule is Cc1noc(-c2ccccc2NC(C)CC2CCCN2)n1. The highest BCUT2D eigenvalue weighted by molar-refractivity contribution is 5.72. The van der Waals surface area contributed by atoms with Crippen molar-refractivity contribution in [2.75, 3.05) is 11.9 Å². The summed E-state index contributed by atoms with van der Waals surface area (Å²) in [7, 11) is 0. The summed E-state index contributed by atoms with van der Waals surface area (Å²) in [4.78, 5) is 4.32. The van der Waals surface area contributed by atoms with E-state index in [1.54, 1.807) is 0 Å². The molecule has 2 aromatic rings. The van der Waals surface area contributed by atoms with Crippen molar-refractivity contribution in [2.24, 2.45) is 0 Å². The number of aromatic nitrogens is 2. The number of anilines is 1. The third-order valence-corrected chi connectivity index (χ3v) is 3.89. The van der Waals surface area contributed by atoms with Gasteiger partial charge in [0.2, 0.25) is 0 Å². The average molecular weight is 286 g/mol. The highest BCUT2D eigenvalue weighted by Gasteiger charge is 2.18. The van der Waals surface area contributed by atoms with Gasteiger partial charge in [-0.05, 0) is 51.8 Å². The Labute approximate surface area is 125 Å². The smallest absolute Gasteiger partial charge is 0.260 e. The molecule has 1 aliphatic heterocycles. The predicted octanol–water partition coefficient (Wildman–Crippen LogP) is 2.99. The molecule has 2 heterocycles. The van der Waals surface area contributed by atoms with Crippen molar-refractivity contribution in [3.8, 4) is 11.5 Å². The fourth-order valence-electron chi connectivity index (χ4n) is 2.91. The Morgan fingerprint density at radius 1 is 1.43 bits per heavy atom. The third kappa shape index (κ3) is 3.42. The lowest BCUT2D eigenvalue weighted by atomic mass is 10.1. The van der Waals surface area contributed by atoms with Crippen LogP contribution in [0.15, 0.2) is 28.8 Å². The minimum absolute atomic E-state index is 0.394. The molecule has 0 radical (unpaired) electrons. The van der Waals surface area contributed by atoms with E-state index in [9.17, 15) is 0 Å². The van der Waals surface area contributed by atoms with Crippen LogP contribution in [-0.4, -0.2) is 28.8 Å². The molecule has 0 saturated carbocycles. The van der Waals surface area contributed by atoms with Crippen molar-refractivity contribution in [2.45, 2.75) is 45.2 Å². The van der Waals surface area contributed by atoms with Gasteiger partial charge in [0.1, 0.15) is 0 Å². The van der Waals surface area contributed by atoms with Crippen LogP contribution in [0.5, 0.6) is 0 Å². The molecule has 112 valence electrons. The molecule has 0 aliphatic carbocycles. The summed E-state index contributed by atoms with van der Waals surface area (Å²) in [6.45, 7) is 5.20. The molecule has 5 nitrogen and oxygen atoms in total. The van der Waals surface area contributed by atoms with Gasteiger partial charge in [-0.15, -0.1) is 0 Å². The van der Waals surface area contributed by atoms with Gasteiger partial charge in [-0.25, -0.2) is 0 Å². The molecular weight excluding hydrogens is 264 g/mol. The fraction of sp³-hybridized carbons (Fsp3) is 0.500. The first kappa shape index (κ1) is 14.1. The summed E-state index contributed by atoms with van der Waals surface area (Å²) in [5.41, 5.74) is 2.01. The van der Waals surface area contributed by atoms with Gasteiger partial charge in [0.15, 0.2) is 5.82 Å². The molecule has 0 amide bonds. The molecule has 1 aromatic heterocycles. The van der Waals surface area contributed by atoms with Crippen LogP contribution < -0.4 is 10.6 Å². The van der Waals surface area contributed by atoms with Gasteiger partial charge >= 0.3 is 0 Å². The molecule has 2 N–H and O–H groups in total. The molecule has 2 unspecified atom stereocenters. The number of hydrogen-bond acceptors (Lipinski definition) is 5. The number of para-hydroxylation sites is 1. The lowest BCUT2D eigenvalue weighted by Gasteiger charge is -2.20. The quantitative estimate of drug-likeness (QED) is 0.884. The topological polar surface area (TPSA) is 63.0 Å². The molecule has 1 saturated heterocycles. The summed E-state index contributed by atoms with van der Waals surface area (Å²) >= 11 is 0. The summed E-state index contributed by atoms with van der Waals surface area (Å²) < 4.78 is 5.29. The van der Waals surface area contributed by atoms with Gasteiger partial charge in [0.05, 0.1) is 5.56 Å². The van der Waals surface area contributed by atoms with E-state index in [1.165, 1.54) is 12.8 Å². The Kier molecular flexibility index (Phi) is 4.20. The minimum Gasteiger partial charge on any atom is -0.382 e. The number of rotatable bonds is 5. The van der Waals surface area contributed by atoms with Gasteiger partial charge in [-0.3, -0.25) is 0 Å². The van der Waals surface area contributed by atoms with E-state index in [0.717, 1.165) is 24.2 Å². The van der Waals surface area contributed by atoms with Gasteiger partial charge in [0, 0.05) is 17.8 Å². The Balaban J connectivity index is 1.72. The van der Waals surface area contributed by atoms with E-state index in [1.807, 2.05) is 25.1 Å². The van der Waals surface area contributed by atoms with E-state index in [0.29, 0.717) is 23.8 Å². The molecule has 21 heavy (non-hydrogen) atoms. The van der Waals surface area contributed by atoms with Gasteiger partial charge in [-0.2, -0.15) is 4.98 Å². The predicted molar refractivity (Wildman–Crippen MR) is 83.2 cm³/mol. The number of benzene rings is 1. The first-order chi connectivity index (χ1) is 10.2. The highest BCUT2D eigenvalue weighted by Crippen LogP contribution is 2.27. The molecule has 0 spiro atoms. The number of aryl methyl sites for hydroxylation is 1. The fourth-order valence-corrected chi connectivity index (χ4v) is 2.91. The van der Waals surface area contributed by atoms with Crippen LogP contribution in [0, 0.1) is 6.92 Å². The Morgan fingerprint density at radius 3 is 3.00 bits per heavy atom. The van der Waals surface area contributed by atoms with Crippen LogP contribution >= 0.6 is 0 Å². The molecule has 0 bridgehead atoms. The Morgan fingerprint density at radius 2 is 2.29 bits per heavy atom. The monoisotopic (exact) mass is 286 g/mol. The van der Waals surface area contributed by atoms with Gasteiger partial charge < -0.3 is 15.2 Å². The zero-order valence-electron chi connectivity index (χ0n) is 12.6. The second kappa shape index (κ2) is 6.26. The maximum absolute atomic E-state index is 5.29. The second-order valence-electron chi connectivity index (χ2n) is 5.77. The number of nitrogens with one attached hydrogen (secondary N) is 2. The van der Waals surface area contributed by atoms with Crippen LogP contribution in [-0.2, 0) is 0 Å². The van der Waals surface area contributed by atoms with E-state index in [-0.39, 0.29) is 0 Å². The number of nitrogens with zero attached hydrogens (tertiary/aromatic N) is 2. The largest absolute Gasteiger partial charge is 0.382 e. The third-order valence-electron chi connectivity index (χ3n) is 3.89.